The molecule has 90 valence electrons. The molecule has 1 atom stereocenters. The molecule has 0 aliphatic carbocycles. The number of aliphatic carboxylic acids is 1. The van der Waals surface area contributed by atoms with Gasteiger partial charge < -0.3 is 15.6 Å². The van der Waals surface area contributed by atoms with Crippen LogP contribution in [0.3, 0.4) is 0 Å². The Morgan fingerprint density at radius 2 is 1.67 bits per heavy atom. The zero-order valence-electron chi connectivity index (χ0n) is 9.36. The lowest BCUT2D eigenvalue weighted by Crippen LogP contribution is -2.47. The predicted octanol–water partition coefficient (Wildman–Crippen LogP) is 0.942. The second-order valence-electron chi connectivity index (χ2n) is 4.49. The molecule has 0 heterocycles. The summed E-state index contributed by atoms with van der Waals surface area (Å²) < 4.78 is 4.94. The van der Waals surface area contributed by atoms with Crippen LogP contribution >= 0.6 is 12.4 Å². The number of carbonyl (C=O) groups excluding carboxylic acids is 1. The van der Waals surface area contributed by atoms with Gasteiger partial charge in [-0.2, -0.15) is 0 Å². The monoisotopic (exact) mass is 239 g/mol. The van der Waals surface area contributed by atoms with Crippen molar-refractivity contribution in [2.24, 2.45) is 5.73 Å². The normalized spacial score (nSPS) is 14.7. The van der Waals surface area contributed by atoms with E-state index in [1.54, 1.807) is 20.8 Å². The highest BCUT2D eigenvalue weighted by atomic mass is 35.5. The first-order valence-electron chi connectivity index (χ1n) is 4.29. The molecule has 0 spiro atoms. The summed E-state index contributed by atoms with van der Waals surface area (Å²) in [5.74, 6) is -1.83. The summed E-state index contributed by atoms with van der Waals surface area (Å²) >= 11 is 0. The molecule has 15 heavy (non-hydrogen) atoms. The molecule has 0 aliphatic rings. The second kappa shape index (κ2) is 5.32. The lowest BCUT2D eigenvalue weighted by Gasteiger charge is -2.23. The number of nitrogens with two attached hydrogens (primary N) is 1. The van der Waals surface area contributed by atoms with Crippen molar-refractivity contribution in [3.63, 3.8) is 0 Å². The maximum atomic E-state index is 11.2. The highest BCUT2D eigenvalue weighted by Crippen LogP contribution is 2.13. The first-order chi connectivity index (χ1) is 6.04. The summed E-state index contributed by atoms with van der Waals surface area (Å²) in [6.07, 6.45) is -0.334. The van der Waals surface area contributed by atoms with Gasteiger partial charge in [0, 0.05) is 0 Å². The van der Waals surface area contributed by atoms with E-state index in [2.05, 4.69) is 0 Å². The van der Waals surface area contributed by atoms with Crippen LogP contribution in [0.25, 0.3) is 0 Å². The molecule has 0 aromatic heterocycles. The Hall–Kier alpha value is -0.810. The molecule has 0 saturated heterocycles. The van der Waals surface area contributed by atoms with Crippen LogP contribution in [0.4, 0.5) is 0 Å². The largest absolute Gasteiger partial charge is 0.480 e. The van der Waals surface area contributed by atoms with Gasteiger partial charge in [-0.15, -0.1) is 12.4 Å². The van der Waals surface area contributed by atoms with Crippen molar-refractivity contribution in [1.29, 1.82) is 0 Å². The van der Waals surface area contributed by atoms with Gasteiger partial charge in [-0.25, -0.2) is 0 Å². The number of rotatable bonds is 3. The highest BCUT2D eigenvalue weighted by molar-refractivity contribution is 5.85. The summed E-state index contributed by atoms with van der Waals surface area (Å²) in [5, 5.41) is 8.66. The lowest BCUT2D eigenvalue weighted by atomic mass is 10.00. The predicted molar refractivity (Wildman–Crippen MR) is 57.9 cm³/mol. The molecule has 0 aliphatic heterocycles. The number of carboxylic acid groups (broad SMARTS) is 1. The topological polar surface area (TPSA) is 89.6 Å². The van der Waals surface area contributed by atoms with Crippen LogP contribution in [0.5, 0.6) is 0 Å². The molecular formula is C9H18ClNO4. The Labute approximate surface area is 95.4 Å². The zero-order valence-corrected chi connectivity index (χ0v) is 10.2. The maximum Gasteiger partial charge on any atom is 0.323 e. The third-order valence-corrected chi connectivity index (χ3v) is 1.42. The van der Waals surface area contributed by atoms with Crippen molar-refractivity contribution in [3.05, 3.63) is 0 Å². The average molecular weight is 240 g/mol. The molecule has 0 unspecified atom stereocenters. The minimum absolute atomic E-state index is 0. The SMILES string of the molecule is CC(C)(C)OC(=O)C[C@](C)(N)C(=O)O.Cl. The van der Waals surface area contributed by atoms with E-state index in [-0.39, 0.29) is 18.8 Å². The number of esters is 1. The number of carboxylic acids is 1. The zero-order chi connectivity index (χ0) is 11.6. The van der Waals surface area contributed by atoms with Gasteiger partial charge in [-0.05, 0) is 27.7 Å². The fourth-order valence-electron chi connectivity index (χ4n) is 0.753. The molecule has 5 nitrogen and oxygen atoms in total. The standard InChI is InChI=1S/C9H17NO4.ClH/c1-8(2,3)14-6(11)5-9(4,10)7(12)13;/h5,10H2,1-4H3,(H,12,13);1H/t9-;/m0./s1. The van der Waals surface area contributed by atoms with E-state index in [0.29, 0.717) is 0 Å². The first kappa shape index (κ1) is 16.6. The summed E-state index contributed by atoms with van der Waals surface area (Å²) in [4.78, 5) is 21.8. The third kappa shape index (κ3) is 7.16. The Bertz CT molecular complexity index is 245. The van der Waals surface area contributed by atoms with Crippen LogP contribution in [0.1, 0.15) is 34.1 Å². The molecule has 0 amide bonds. The van der Waals surface area contributed by atoms with Crippen LogP contribution in [0, 0.1) is 0 Å². The molecule has 0 aromatic carbocycles. The first-order valence-corrected chi connectivity index (χ1v) is 4.29. The van der Waals surface area contributed by atoms with E-state index in [0.717, 1.165) is 0 Å². The van der Waals surface area contributed by atoms with E-state index in [9.17, 15) is 9.59 Å². The Morgan fingerprint density at radius 3 is 1.93 bits per heavy atom. The van der Waals surface area contributed by atoms with Gasteiger partial charge in [0.2, 0.25) is 0 Å². The molecule has 0 saturated carbocycles. The van der Waals surface area contributed by atoms with Gasteiger partial charge in [0.1, 0.15) is 11.1 Å². The van der Waals surface area contributed by atoms with Gasteiger partial charge in [-0.3, -0.25) is 9.59 Å². The van der Waals surface area contributed by atoms with E-state index < -0.39 is 23.1 Å². The van der Waals surface area contributed by atoms with Crippen molar-refractivity contribution < 1.29 is 19.4 Å². The Morgan fingerprint density at radius 1 is 1.27 bits per heavy atom. The molecule has 0 bridgehead atoms. The number of hydrogen-bond donors (Lipinski definition) is 2. The smallest absolute Gasteiger partial charge is 0.323 e. The van der Waals surface area contributed by atoms with Crippen LogP contribution in [-0.2, 0) is 14.3 Å². The van der Waals surface area contributed by atoms with E-state index in [4.69, 9.17) is 15.6 Å². The van der Waals surface area contributed by atoms with Gasteiger partial charge in [0.25, 0.3) is 0 Å². The maximum absolute atomic E-state index is 11.2. The fraction of sp³-hybridized carbons (Fsp3) is 0.778. The molecule has 0 fully saturated rings. The molecule has 0 aromatic rings. The molecular weight excluding hydrogens is 222 g/mol. The Balaban J connectivity index is 0. The van der Waals surface area contributed by atoms with Crippen molar-refractivity contribution >= 4 is 24.3 Å². The van der Waals surface area contributed by atoms with Crippen molar-refractivity contribution in [2.75, 3.05) is 0 Å². The quantitative estimate of drug-likeness (QED) is 0.716. The minimum Gasteiger partial charge on any atom is -0.480 e. The number of hydrogen-bond acceptors (Lipinski definition) is 4. The Kier molecular flexibility index (Phi) is 5.89. The lowest BCUT2D eigenvalue weighted by molar-refractivity contribution is -0.160. The number of halogens is 1. The van der Waals surface area contributed by atoms with E-state index in [1.807, 2.05) is 0 Å². The van der Waals surface area contributed by atoms with Crippen LogP contribution < -0.4 is 5.73 Å². The molecule has 3 N–H and O–H groups in total. The van der Waals surface area contributed by atoms with Crippen molar-refractivity contribution in [3.8, 4) is 0 Å². The van der Waals surface area contributed by atoms with Gasteiger partial charge in [-0.1, -0.05) is 0 Å². The van der Waals surface area contributed by atoms with Crippen molar-refractivity contribution in [2.45, 2.75) is 45.3 Å². The van der Waals surface area contributed by atoms with Crippen LogP contribution in [0.15, 0.2) is 0 Å². The average Bonchev–Trinajstić information content (AvgIpc) is 1.79. The fourth-order valence-corrected chi connectivity index (χ4v) is 0.753. The van der Waals surface area contributed by atoms with E-state index in [1.165, 1.54) is 6.92 Å². The highest BCUT2D eigenvalue weighted by Gasteiger charge is 2.33. The van der Waals surface area contributed by atoms with Gasteiger partial charge >= 0.3 is 11.9 Å². The number of ether oxygens (including phenoxy) is 1. The molecule has 0 rings (SSSR count). The summed E-state index contributed by atoms with van der Waals surface area (Å²) in [6.45, 7) is 6.40. The summed E-state index contributed by atoms with van der Waals surface area (Å²) in [6, 6.07) is 0. The molecule has 0 radical (unpaired) electrons. The van der Waals surface area contributed by atoms with Gasteiger partial charge in [0.05, 0.1) is 6.42 Å². The summed E-state index contributed by atoms with van der Waals surface area (Å²) in [7, 11) is 0. The van der Waals surface area contributed by atoms with Gasteiger partial charge in [0.15, 0.2) is 0 Å². The van der Waals surface area contributed by atoms with E-state index >= 15 is 0 Å². The van der Waals surface area contributed by atoms with Crippen LogP contribution in [0.2, 0.25) is 0 Å². The number of carbonyl (C=O) groups is 2. The van der Waals surface area contributed by atoms with Crippen molar-refractivity contribution in [1.82, 2.24) is 0 Å². The second-order valence-corrected chi connectivity index (χ2v) is 4.49. The van der Waals surface area contributed by atoms with Crippen LogP contribution in [-0.4, -0.2) is 28.2 Å². The summed E-state index contributed by atoms with van der Waals surface area (Å²) in [5.41, 5.74) is 3.19. The molecule has 6 heteroatoms. The third-order valence-electron chi connectivity index (χ3n) is 1.42. The minimum atomic E-state index is -1.57.